The number of halogens is 4. The third-order valence-electron chi connectivity index (χ3n) is 5.21. The summed E-state index contributed by atoms with van der Waals surface area (Å²) in [7, 11) is 0. The fourth-order valence-electron chi connectivity index (χ4n) is 3.55. The Morgan fingerprint density at radius 2 is 1.79 bits per heavy atom. The average Bonchev–Trinajstić information content (AvgIpc) is 3.23. The number of aromatic nitrogens is 1. The summed E-state index contributed by atoms with van der Waals surface area (Å²) in [6.07, 6.45) is -3.75. The number of hydrazone groups is 1. The molecule has 1 aromatic heterocycles. The fourth-order valence-corrected chi connectivity index (χ4v) is 3.55. The van der Waals surface area contributed by atoms with Crippen LogP contribution in [0.1, 0.15) is 28.3 Å². The third kappa shape index (κ3) is 5.20. The van der Waals surface area contributed by atoms with Crippen LogP contribution in [-0.2, 0) is 11.0 Å². The lowest BCUT2D eigenvalue weighted by Crippen LogP contribution is -2.29. The predicted molar refractivity (Wildman–Crippen MR) is 116 cm³/mol. The summed E-state index contributed by atoms with van der Waals surface area (Å²) in [5.41, 5.74) is 1.49. The van der Waals surface area contributed by atoms with Crippen LogP contribution in [0.3, 0.4) is 0 Å². The molecule has 0 spiro atoms. The molecule has 172 valence electrons. The number of nitrogens with one attached hydrogen (secondary N) is 1. The van der Waals surface area contributed by atoms with Gasteiger partial charge in [0.1, 0.15) is 12.4 Å². The van der Waals surface area contributed by atoms with Crippen molar-refractivity contribution in [1.82, 2.24) is 9.99 Å². The first-order chi connectivity index (χ1) is 16.2. The van der Waals surface area contributed by atoms with Gasteiger partial charge in [-0.1, -0.05) is 12.1 Å². The number of carbonyl (C=O) groups excluding carboxylic acids is 1. The molecule has 0 aliphatic carbocycles. The van der Waals surface area contributed by atoms with Gasteiger partial charge in [0.15, 0.2) is 0 Å². The Bertz CT molecular complexity index is 1250. The highest BCUT2D eigenvalue weighted by Crippen LogP contribution is 2.32. The van der Waals surface area contributed by atoms with Gasteiger partial charge in [0, 0.05) is 11.9 Å². The Kier molecular flexibility index (Phi) is 6.27. The molecule has 0 bridgehead atoms. The van der Waals surface area contributed by atoms with Crippen molar-refractivity contribution in [3.8, 4) is 6.07 Å². The topological polar surface area (TPSA) is 81.4 Å². The number of anilines is 1. The number of carbonyl (C=O) groups is 1. The number of nitriles is 1. The Morgan fingerprint density at radius 1 is 1.09 bits per heavy atom. The van der Waals surface area contributed by atoms with Crippen LogP contribution in [0.2, 0.25) is 0 Å². The fraction of sp³-hybridized carbons (Fsp3) is 0.167. The van der Waals surface area contributed by atoms with E-state index in [4.69, 9.17) is 5.26 Å². The van der Waals surface area contributed by atoms with Crippen molar-refractivity contribution in [1.29, 1.82) is 5.26 Å². The first kappa shape index (κ1) is 22.9. The predicted octanol–water partition coefficient (Wildman–Crippen LogP) is 4.55. The maximum absolute atomic E-state index is 13.4. The molecule has 2 aromatic carbocycles. The van der Waals surface area contributed by atoms with Gasteiger partial charge in [-0.2, -0.15) is 23.5 Å². The maximum Gasteiger partial charge on any atom is 0.417 e. The molecule has 0 fully saturated rings. The highest BCUT2D eigenvalue weighted by atomic mass is 19.4. The van der Waals surface area contributed by atoms with Gasteiger partial charge in [-0.3, -0.25) is 14.8 Å². The molecule has 1 N–H and O–H groups in total. The van der Waals surface area contributed by atoms with Crippen LogP contribution >= 0.6 is 0 Å². The maximum atomic E-state index is 13.4. The molecule has 1 atom stereocenters. The summed E-state index contributed by atoms with van der Waals surface area (Å²) < 4.78 is 52.2. The van der Waals surface area contributed by atoms with Gasteiger partial charge in [0.05, 0.1) is 41.1 Å². The van der Waals surface area contributed by atoms with Crippen LogP contribution in [0.25, 0.3) is 0 Å². The number of hydrogen-bond donors (Lipinski definition) is 1. The van der Waals surface area contributed by atoms with E-state index < -0.39 is 23.5 Å². The molecule has 0 saturated heterocycles. The summed E-state index contributed by atoms with van der Waals surface area (Å²) in [6.45, 7) is 0.0771. The zero-order valence-corrected chi connectivity index (χ0v) is 17.6. The lowest BCUT2D eigenvalue weighted by atomic mass is 9.94. The van der Waals surface area contributed by atoms with E-state index >= 15 is 0 Å². The third-order valence-corrected chi connectivity index (χ3v) is 5.21. The molecule has 1 aliphatic rings. The zero-order valence-electron chi connectivity index (χ0n) is 17.6. The molecule has 1 amide bonds. The van der Waals surface area contributed by atoms with Crippen LogP contribution in [-0.4, -0.2) is 34.7 Å². The summed E-state index contributed by atoms with van der Waals surface area (Å²) in [5, 5.41) is 17.6. The van der Waals surface area contributed by atoms with Crippen molar-refractivity contribution >= 4 is 17.3 Å². The number of rotatable bonds is 5. The van der Waals surface area contributed by atoms with E-state index in [1.165, 1.54) is 35.3 Å². The highest BCUT2D eigenvalue weighted by molar-refractivity contribution is 6.06. The van der Waals surface area contributed by atoms with Crippen molar-refractivity contribution in [3.05, 3.63) is 95.1 Å². The Balaban J connectivity index is 1.55. The van der Waals surface area contributed by atoms with Gasteiger partial charge in [-0.05, 0) is 54.1 Å². The second-order valence-electron chi connectivity index (χ2n) is 7.60. The van der Waals surface area contributed by atoms with E-state index in [-0.39, 0.29) is 19.0 Å². The second-order valence-corrected chi connectivity index (χ2v) is 7.60. The van der Waals surface area contributed by atoms with Gasteiger partial charge in [-0.15, -0.1) is 0 Å². The van der Waals surface area contributed by atoms with Crippen molar-refractivity contribution in [2.24, 2.45) is 5.10 Å². The minimum Gasteiger partial charge on any atom is -0.324 e. The molecule has 34 heavy (non-hydrogen) atoms. The van der Waals surface area contributed by atoms with Gasteiger partial charge in [0.2, 0.25) is 5.91 Å². The van der Waals surface area contributed by atoms with E-state index in [0.29, 0.717) is 28.2 Å². The Morgan fingerprint density at radius 3 is 2.38 bits per heavy atom. The highest BCUT2D eigenvalue weighted by Gasteiger charge is 2.34. The number of alkyl halides is 3. The standard InChI is InChI=1S/C24H17F4N5O/c25-18-6-3-16(4-7-18)23-20(21-10-5-17(12-30-21)24(26,27)28)13-33(32-23)14-22(34)31-19-8-1-15(11-29)2-9-19/h1-10,12,20H,13-14H2,(H,31,34). The van der Waals surface area contributed by atoms with Gasteiger partial charge < -0.3 is 5.32 Å². The summed E-state index contributed by atoms with van der Waals surface area (Å²) >= 11 is 0. The van der Waals surface area contributed by atoms with Crippen molar-refractivity contribution in [2.45, 2.75) is 12.1 Å². The molecule has 3 aromatic rings. The molecular formula is C24H17F4N5O. The molecule has 10 heteroatoms. The van der Waals surface area contributed by atoms with Crippen LogP contribution in [0.15, 0.2) is 72.0 Å². The van der Waals surface area contributed by atoms with Crippen LogP contribution in [0.4, 0.5) is 23.2 Å². The SMILES string of the molecule is N#Cc1ccc(NC(=O)CN2CC(c3ccc(C(F)(F)F)cn3)C(c3ccc(F)cc3)=N2)cc1. The van der Waals surface area contributed by atoms with E-state index in [0.717, 1.165) is 12.3 Å². The molecule has 1 aliphatic heterocycles. The van der Waals surface area contributed by atoms with E-state index in [1.807, 2.05) is 6.07 Å². The van der Waals surface area contributed by atoms with Crippen LogP contribution in [0, 0.1) is 17.1 Å². The molecule has 0 saturated carbocycles. The summed E-state index contributed by atoms with van der Waals surface area (Å²) in [5.74, 6) is -1.33. The number of benzene rings is 2. The van der Waals surface area contributed by atoms with E-state index in [2.05, 4.69) is 15.4 Å². The molecule has 2 heterocycles. The normalized spacial score (nSPS) is 15.6. The minimum atomic E-state index is -4.51. The molecule has 0 radical (unpaired) electrons. The molecule has 4 rings (SSSR count). The van der Waals surface area contributed by atoms with Gasteiger partial charge >= 0.3 is 6.18 Å². The molecule has 6 nitrogen and oxygen atoms in total. The summed E-state index contributed by atoms with van der Waals surface area (Å²) in [4.78, 5) is 16.5. The quantitative estimate of drug-likeness (QED) is 0.558. The molecular weight excluding hydrogens is 450 g/mol. The van der Waals surface area contributed by atoms with Crippen LogP contribution in [0.5, 0.6) is 0 Å². The van der Waals surface area contributed by atoms with Crippen molar-refractivity contribution in [2.75, 3.05) is 18.4 Å². The Hall–Kier alpha value is -4.26. The average molecular weight is 467 g/mol. The lowest BCUT2D eigenvalue weighted by molar-refractivity contribution is -0.137. The monoisotopic (exact) mass is 467 g/mol. The second kappa shape index (κ2) is 9.31. The smallest absolute Gasteiger partial charge is 0.324 e. The first-order valence-electron chi connectivity index (χ1n) is 10.2. The van der Waals surface area contributed by atoms with Gasteiger partial charge in [-0.25, -0.2) is 4.39 Å². The first-order valence-corrected chi connectivity index (χ1v) is 10.2. The van der Waals surface area contributed by atoms with Crippen molar-refractivity contribution < 1.29 is 22.4 Å². The van der Waals surface area contributed by atoms with Crippen molar-refractivity contribution in [3.63, 3.8) is 0 Å². The summed E-state index contributed by atoms with van der Waals surface area (Å²) in [6, 6.07) is 16.1. The number of nitrogens with zero attached hydrogens (tertiary/aromatic N) is 4. The Labute approximate surface area is 192 Å². The van der Waals surface area contributed by atoms with E-state index in [1.54, 1.807) is 24.3 Å². The molecule has 1 unspecified atom stereocenters. The van der Waals surface area contributed by atoms with Crippen LogP contribution < -0.4 is 5.32 Å². The van der Waals surface area contributed by atoms with E-state index in [9.17, 15) is 22.4 Å². The number of pyridine rings is 1. The van der Waals surface area contributed by atoms with Gasteiger partial charge in [0.25, 0.3) is 0 Å². The minimum absolute atomic E-state index is 0.123. The number of amides is 1. The lowest BCUT2D eigenvalue weighted by Gasteiger charge is -2.16. The largest absolute Gasteiger partial charge is 0.417 e. The number of hydrogen-bond acceptors (Lipinski definition) is 5. The zero-order chi connectivity index (χ0) is 24.3.